The van der Waals surface area contributed by atoms with Crippen LogP contribution in [0.1, 0.15) is 21.5 Å². The van der Waals surface area contributed by atoms with Crippen LogP contribution in [0.25, 0.3) is 0 Å². The molecule has 2 amide bonds. The van der Waals surface area contributed by atoms with Crippen molar-refractivity contribution in [3.8, 4) is 0 Å². The third-order valence-electron chi connectivity index (χ3n) is 2.88. The molecule has 7 heteroatoms. The second kappa shape index (κ2) is 6.36. The molecule has 1 aromatic heterocycles. The Morgan fingerprint density at radius 3 is 2.71 bits per heavy atom. The summed E-state index contributed by atoms with van der Waals surface area (Å²) in [6.45, 7) is 2.25. The van der Waals surface area contributed by atoms with Crippen LogP contribution in [0.4, 0.5) is 14.9 Å². The number of aromatic carboxylic acids is 1. The van der Waals surface area contributed by atoms with Crippen LogP contribution in [0.2, 0.25) is 0 Å². The van der Waals surface area contributed by atoms with Crippen LogP contribution in [-0.4, -0.2) is 17.1 Å². The smallest absolute Gasteiger partial charge is 0.340 e. The number of thiophene rings is 1. The number of carboxylic acid groups (broad SMARTS) is 1. The number of hydrogen-bond acceptors (Lipinski definition) is 3. The Labute approximate surface area is 124 Å². The quantitative estimate of drug-likeness (QED) is 0.811. The molecule has 3 N–H and O–H groups in total. The third-order valence-corrected chi connectivity index (χ3v) is 3.79. The number of rotatable bonds is 4. The monoisotopic (exact) mass is 308 g/mol. The van der Waals surface area contributed by atoms with Gasteiger partial charge in [0.2, 0.25) is 0 Å². The van der Waals surface area contributed by atoms with E-state index in [4.69, 9.17) is 5.11 Å². The third kappa shape index (κ3) is 3.57. The molecule has 0 bridgehead atoms. The number of nitrogens with one attached hydrogen (secondary N) is 2. The standard InChI is InChI=1S/C14H13FN2O3S/c1-8-6-21-7-9(8)5-16-14(20)17-11-4-2-3-10(15)12(11)13(18)19/h2-4,6-7H,5H2,1H3,(H,18,19)(H2,16,17,20). The normalized spacial score (nSPS) is 10.2. The van der Waals surface area contributed by atoms with Gasteiger partial charge in [0.1, 0.15) is 11.4 Å². The van der Waals surface area contributed by atoms with Crippen molar-refractivity contribution in [2.45, 2.75) is 13.5 Å². The highest BCUT2D eigenvalue weighted by atomic mass is 32.1. The zero-order valence-corrected chi connectivity index (χ0v) is 12.0. The molecule has 0 fully saturated rings. The number of halogens is 1. The summed E-state index contributed by atoms with van der Waals surface area (Å²) in [6, 6.07) is 3.11. The van der Waals surface area contributed by atoms with Gasteiger partial charge >= 0.3 is 12.0 Å². The molecule has 0 aliphatic carbocycles. The summed E-state index contributed by atoms with van der Waals surface area (Å²) in [7, 11) is 0. The highest BCUT2D eigenvalue weighted by Crippen LogP contribution is 2.19. The summed E-state index contributed by atoms with van der Waals surface area (Å²) < 4.78 is 13.5. The maximum absolute atomic E-state index is 13.5. The number of amides is 2. The number of anilines is 1. The summed E-state index contributed by atoms with van der Waals surface area (Å²) in [5, 5.41) is 17.8. The van der Waals surface area contributed by atoms with Crippen molar-refractivity contribution in [2.24, 2.45) is 0 Å². The number of urea groups is 1. The molecule has 0 atom stereocenters. The van der Waals surface area contributed by atoms with E-state index < -0.39 is 23.4 Å². The number of carbonyl (C=O) groups is 2. The van der Waals surface area contributed by atoms with Crippen molar-refractivity contribution in [3.63, 3.8) is 0 Å². The summed E-state index contributed by atoms with van der Waals surface area (Å²) in [5.74, 6) is -2.33. The summed E-state index contributed by atoms with van der Waals surface area (Å²) in [6.07, 6.45) is 0. The Balaban J connectivity index is 2.05. The molecule has 0 saturated heterocycles. The summed E-state index contributed by atoms with van der Waals surface area (Å²) in [5.41, 5.74) is 1.41. The van der Waals surface area contributed by atoms with Gasteiger partial charge in [-0.05, 0) is 40.9 Å². The molecular formula is C14H13FN2O3S. The number of carboxylic acids is 1. The predicted octanol–water partition coefficient (Wildman–Crippen LogP) is 3.22. The molecule has 0 saturated carbocycles. The van der Waals surface area contributed by atoms with Crippen molar-refractivity contribution >= 4 is 29.0 Å². The second-order valence-corrected chi connectivity index (χ2v) is 5.10. The van der Waals surface area contributed by atoms with Gasteiger partial charge in [0.25, 0.3) is 0 Å². The van der Waals surface area contributed by atoms with Crippen LogP contribution in [0.3, 0.4) is 0 Å². The minimum absolute atomic E-state index is 0.0814. The van der Waals surface area contributed by atoms with Crippen LogP contribution in [0.5, 0.6) is 0 Å². The first-order valence-corrected chi connectivity index (χ1v) is 7.01. The SMILES string of the molecule is Cc1cscc1CNC(=O)Nc1cccc(F)c1C(=O)O. The molecule has 0 spiro atoms. The van der Waals surface area contributed by atoms with Gasteiger partial charge in [0.05, 0.1) is 5.69 Å². The van der Waals surface area contributed by atoms with Gasteiger partial charge in [0, 0.05) is 6.54 Å². The number of benzene rings is 1. The van der Waals surface area contributed by atoms with E-state index in [0.29, 0.717) is 6.54 Å². The molecule has 5 nitrogen and oxygen atoms in total. The lowest BCUT2D eigenvalue weighted by atomic mass is 10.1. The van der Waals surface area contributed by atoms with Gasteiger partial charge in [-0.2, -0.15) is 11.3 Å². The summed E-state index contributed by atoms with van der Waals surface area (Å²) in [4.78, 5) is 22.8. The van der Waals surface area contributed by atoms with Gasteiger partial charge in [0.15, 0.2) is 0 Å². The van der Waals surface area contributed by atoms with Gasteiger partial charge in [-0.3, -0.25) is 0 Å². The van der Waals surface area contributed by atoms with Gasteiger partial charge in [-0.25, -0.2) is 14.0 Å². The van der Waals surface area contributed by atoms with E-state index in [2.05, 4.69) is 10.6 Å². The molecule has 2 rings (SSSR count). The lowest BCUT2D eigenvalue weighted by Crippen LogP contribution is -2.29. The van der Waals surface area contributed by atoms with Gasteiger partial charge in [-0.15, -0.1) is 0 Å². The molecule has 1 aromatic carbocycles. The van der Waals surface area contributed by atoms with E-state index in [-0.39, 0.29) is 5.69 Å². The van der Waals surface area contributed by atoms with Crippen molar-refractivity contribution in [1.82, 2.24) is 5.32 Å². The largest absolute Gasteiger partial charge is 0.478 e. The first-order chi connectivity index (χ1) is 9.99. The number of aryl methyl sites for hydroxylation is 1. The Morgan fingerprint density at radius 2 is 2.10 bits per heavy atom. The Kier molecular flexibility index (Phi) is 4.54. The molecule has 21 heavy (non-hydrogen) atoms. The molecule has 0 aliphatic heterocycles. The molecular weight excluding hydrogens is 295 g/mol. The van der Waals surface area contributed by atoms with Crippen LogP contribution >= 0.6 is 11.3 Å². The minimum Gasteiger partial charge on any atom is -0.478 e. The predicted molar refractivity (Wildman–Crippen MR) is 78.3 cm³/mol. The lowest BCUT2D eigenvalue weighted by molar-refractivity contribution is 0.0693. The van der Waals surface area contributed by atoms with Crippen molar-refractivity contribution < 1.29 is 19.1 Å². The van der Waals surface area contributed by atoms with E-state index in [1.807, 2.05) is 17.7 Å². The fraction of sp³-hybridized carbons (Fsp3) is 0.143. The summed E-state index contributed by atoms with van der Waals surface area (Å²) >= 11 is 1.53. The molecule has 2 aromatic rings. The van der Waals surface area contributed by atoms with Crippen molar-refractivity contribution in [2.75, 3.05) is 5.32 Å². The van der Waals surface area contributed by atoms with Crippen LogP contribution in [0.15, 0.2) is 29.0 Å². The van der Waals surface area contributed by atoms with E-state index in [9.17, 15) is 14.0 Å². The molecule has 0 aliphatic rings. The van der Waals surface area contributed by atoms with Crippen molar-refractivity contribution in [3.05, 3.63) is 51.5 Å². The van der Waals surface area contributed by atoms with E-state index in [1.54, 1.807) is 0 Å². The fourth-order valence-corrected chi connectivity index (χ4v) is 2.61. The van der Waals surface area contributed by atoms with E-state index >= 15 is 0 Å². The van der Waals surface area contributed by atoms with Gasteiger partial charge in [-0.1, -0.05) is 6.07 Å². The second-order valence-electron chi connectivity index (χ2n) is 4.36. The fourth-order valence-electron chi connectivity index (χ4n) is 1.76. The van der Waals surface area contributed by atoms with Crippen LogP contribution in [0, 0.1) is 12.7 Å². The van der Waals surface area contributed by atoms with Crippen LogP contribution < -0.4 is 10.6 Å². The van der Waals surface area contributed by atoms with E-state index in [1.165, 1.54) is 23.5 Å². The average molecular weight is 308 g/mol. The Morgan fingerprint density at radius 1 is 1.33 bits per heavy atom. The highest BCUT2D eigenvalue weighted by Gasteiger charge is 2.17. The zero-order chi connectivity index (χ0) is 15.4. The van der Waals surface area contributed by atoms with E-state index in [0.717, 1.165) is 17.2 Å². The Bertz CT molecular complexity index is 685. The van der Waals surface area contributed by atoms with Crippen LogP contribution in [-0.2, 0) is 6.54 Å². The molecule has 0 unspecified atom stereocenters. The maximum Gasteiger partial charge on any atom is 0.340 e. The first kappa shape index (κ1) is 15.0. The number of carbonyl (C=O) groups excluding carboxylic acids is 1. The Hall–Kier alpha value is -2.41. The minimum atomic E-state index is -1.43. The first-order valence-electron chi connectivity index (χ1n) is 6.07. The zero-order valence-electron chi connectivity index (χ0n) is 11.1. The number of hydrogen-bond donors (Lipinski definition) is 3. The molecule has 1 heterocycles. The highest BCUT2D eigenvalue weighted by molar-refractivity contribution is 7.08. The van der Waals surface area contributed by atoms with Gasteiger partial charge < -0.3 is 15.7 Å². The molecule has 0 radical (unpaired) electrons. The topological polar surface area (TPSA) is 78.4 Å². The average Bonchev–Trinajstić information content (AvgIpc) is 2.81. The maximum atomic E-state index is 13.5. The lowest BCUT2D eigenvalue weighted by Gasteiger charge is -2.10. The molecule has 110 valence electrons. The van der Waals surface area contributed by atoms with Crippen molar-refractivity contribution in [1.29, 1.82) is 0 Å².